The first kappa shape index (κ1) is 16.0. The van der Waals surface area contributed by atoms with Crippen LogP contribution in [-0.4, -0.2) is 20.3 Å². The van der Waals surface area contributed by atoms with E-state index in [2.05, 4.69) is 4.98 Å². The Morgan fingerprint density at radius 2 is 1.92 bits per heavy atom. The number of rotatable bonds is 4. The zero-order valence-electron chi connectivity index (χ0n) is 13.2. The Morgan fingerprint density at radius 1 is 1.12 bits per heavy atom. The highest BCUT2D eigenvalue weighted by molar-refractivity contribution is 7.12. The molecule has 0 atom stereocenters. The van der Waals surface area contributed by atoms with Gasteiger partial charge in [0, 0.05) is 17.8 Å². The number of carbonyl (C=O) groups excluding carboxylic acids is 1. The van der Waals surface area contributed by atoms with Gasteiger partial charge in [0.2, 0.25) is 0 Å². The van der Waals surface area contributed by atoms with E-state index in [9.17, 15) is 14.9 Å². The summed E-state index contributed by atoms with van der Waals surface area (Å²) >= 11 is 1.32. The zero-order chi connectivity index (χ0) is 18.1. The number of esters is 1. The van der Waals surface area contributed by atoms with Crippen LogP contribution in [0, 0.1) is 10.1 Å². The van der Waals surface area contributed by atoms with Crippen molar-refractivity contribution < 1.29 is 14.5 Å². The Hall–Kier alpha value is -3.52. The molecule has 3 aromatic heterocycles. The number of nitro groups is 1. The number of pyridine rings is 1. The number of benzene rings is 1. The van der Waals surface area contributed by atoms with Crippen molar-refractivity contribution in [3.8, 4) is 17.0 Å². The fourth-order valence-corrected chi connectivity index (χ4v) is 3.07. The average Bonchev–Trinajstić information content (AvgIpc) is 3.31. The number of thiophene rings is 1. The molecule has 4 aromatic rings. The molecule has 0 aliphatic rings. The predicted octanol–water partition coefficient (Wildman–Crippen LogP) is 4.19. The van der Waals surface area contributed by atoms with Crippen LogP contribution >= 0.6 is 11.3 Å². The summed E-state index contributed by atoms with van der Waals surface area (Å²) in [5, 5.41) is 12.7. The van der Waals surface area contributed by atoms with E-state index in [0.717, 1.165) is 5.56 Å². The Labute approximate surface area is 151 Å². The average molecular weight is 365 g/mol. The molecule has 0 spiro atoms. The lowest BCUT2D eigenvalue weighted by Crippen LogP contribution is -2.05. The van der Waals surface area contributed by atoms with E-state index < -0.39 is 10.9 Å². The molecular weight excluding hydrogens is 354 g/mol. The summed E-state index contributed by atoms with van der Waals surface area (Å²) in [4.78, 5) is 27.4. The topological polar surface area (TPSA) is 86.7 Å². The lowest BCUT2D eigenvalue weighted by atomic mass is 10.2. The Morgan fingerprint density at radius 3 is 2.62 bits per heavy atom. The van der Waals surface area contributed by atoms with Gasteiger partial charge in [-0.3, -0.25) is 14.5 Å². The number of imidazole rings is 1. The first-order valence-corrected chi connectivity index (χ1v) is 8.47. The molecule has 0 aliphatic heterocycles. The van der Waals surface area contributed by atoms with Crippen molar-refractivity contribution in [1.29, 1.82) is 0 Å². The molecule has 128 valence electrons. The first-order chi connectivity index (χ1) is 12.6. The normalized spacial score (nSPS) is 10.8. The van der Waals surface area contributed by atoms with Crippen molar-refractivity contribution in [3.63, 3.8) is 0 Å². The maximum atomic E-state index is 12.0. The van der Waals surface area contributed by atoms with Crippen molar-refractivity contribution in [2.75, 3.05) is 0 Å². The molecule has 0 radical (unpaired) electrons. The number of hydrogen-bond acceptors (Lipinski definition) is 6. The summed E-state index contributed by atoms with van der Waals surface area (Å²) in [6.45, 7) is 0. The number of carbonyl (C=O) groups is 1. The van der Waals surface area contributed by atoms with Gasteiger partial charge in [0.25, 0.3) is 5.69 Å². The highest BCUT2D eigenvalue weighted by Crippen LogP contribution is 2.24. The molecule has 1 aromatic carbocycles. The van der Waals surface area contributed by atoms with Crippen LogP contribution in [0.5, 0.6) is 5.75 Å². The molecule has 0 fully saturated rings. The van der Waals surface area contributed by atoms with Crippen LogP contribution in [0.1, 0.15) is 9.67 Å². The van der Waals surface area contributed by atoms with Gasteiger partial charge in [-0.1, -0.05) is 6.07 Å². The van der Waals surface area contributed by atoms with Gasteiger partial charge in [-0.15, -0.1) is 11.3 Å². The van der Waals surface area contributed by atoms with Crippen LogP contribution in [0.3, 0.4) is 0 Å². The fourth-order valence-electron chi connectivity index (χ4n) is 2.47. The Kier molecular flexibility index (Phi) is 3.94. The van der Waals surface area contributed by atoms with Crippen LogP contribution in [-0.2, 0) is 0 Å². The van der Waals surface area contributed by atoms with Crippen molar-refractivity contribution in [3.05, 3.63) is 81.3 Å². The van der Waals surface area contributed by atoms with Crippen LogP contribution in [0.15, 0.2) is 66.3 Å². The van der Waals surface area contributed by atoms with Gasteiger partial charge in [-0.25, -0.2) is 9.78 Å². The molecular formula is C18H11N3O4S. The molecule has 26 heavy (non-hydrogen) atoms. The van der Waals surface area contributed by atoms with E-state index in [1.54, 1.807) is 53.1 Å². The predicted molar refractivity (Wildman–Crippen MR) is 96.6 cm³/mol. The summed E-state index contributed by atoms with van der Waals surface area (Å²) in [5.41, 5.74) is 2.09. The van der Waals surface area contributed by atoms with E-state index in [1.165, 1.54) is 23.6 Å². The Bertz CT molecular complexity index is 1100. The van der Waals surface area contributed by atoms with E-state index in [0.29, 0.717) is 22.0 Å². The van der Waals surface area contributed by atoms with Crippen LogP contribution in [0.4, 0.5) is 5.69 Å². The van der Waals surface area contributed by atoms with E-state index in [-0.39, 0.29) is 5.69 Å². The van der Waals surface area contributed by atoms with Crippen molar-refractivity contribution in [1.82, 2.24) is 9.38 Å². The fraction of sp³-hybridized carbons (Fsp3) is 0. The molecule has 4 rings (SSSR count). The van der Waals surface area contributed by atoms with Gasteiger partial charge in [0.05, 0.1) is 16.8 Å². The van der Waals surface area contributed by atoms with Crippen molar-refractivity contribution in [2.24, 2.45) is 0 Å². The molecule has 8 heteroatoms. The second-order valence-corrected chi connectivity index (χ2v) is 6.37. The third-order valence-electron chi connectivity index (χ3n) is 3.73. The van der Waals surface area contributed by atoms with E-state index in [1.807, 2.05) is 5.38 Å². The van der Waals surface area contributed by atoms with Crippen molar-refractivity contribution >= 4 is 28.6 Å². The van der Waals surface area contributed by atoms with Gasteiger partial charge in [-0.2, -0.15) is 0 Å². The van der Waals surface area contributed by atoms with Gasteiger partial charge in [0.1, 0.15) is 16.3 Å². The summed E-state index contributed by atoms with van der Waals surface area (Å²) in [5.74, 6) is 0.0411. The van der Waals surface area contributed by atoms with Crippen LogP contribution < -0.4 is 4.74 Å². The maximum absolute atomic E-state index is 12.0. The minimum Gasteiger partial charge on any atom is -0.422 e. The molecule has 0 aliphatic carbocycles. The second-order valence-electron chi connectivity index (χ2n) is 5.43. The number of hydrogen-bond donors (Lipinski definition) is 0. The molecule has 0 saturated carbocycles. The number of fused-ring (bicyclic) bond motifs is 1. The molecule has 0 bridgehead atoms. The highest BCUT2D eigenvalue weighted by atomic mass is 32.1. The van der Waals surface area contributed by atoms with Crippen LogP contribution in [0.2, 0.25) is 0 Å². The van der Waals surface area contributed by atoms with Gasteiger partial charge < -0.3 is 4.74 Å². The SMILES string of the molecule is O=C(Oc1ccc(-c2cn3cc([N+](=O)[O-])ccc3n2)cc1)c1cccs1. The minimum absolute atomic E-state index is 0.00251. The highest BCUT2D eigenvalue weighted by Gasteiger charge is 2.11. The molecule has 0 amide bonds. The lowest BCUT2D eigenvalue weighted by Gasteiger charge is -2.03. The summed E-state index contributed by atoms with van der Waals surface area (Å²) < 4.78 is 6.93. The summed E-state index contributed by atoms with van der Waals surface area (Å²) in [7, 11) is 0. The van der Waals surface area contributed by atoms with E-state index in [4.69, 9.17) is 4.74 Å². The van der Waals surface area contributed by atoms with Crippen LogP contribution in [0.25, 0.3) is 16.9 Å². The van der Waals surface area contributed by atoms with Gasteiger partial charge in [-0.05, 0) is 41.8 Å². The standard InChI is InChI=1S/C18H11N3O4S/c22-18(16-2-1-9-26-16)25-14-6-3-12(4-7-14)15-11-20-10-13(21(23)24)5-8-17(20)19-15/h1-11H. The zero-order valence-corrected chi connectivity index (χ0v) is 14.1. The Balaban J connectivity index is 1.57. The smallest absolute Gasteiger partial charge is 0.353 e. The third kappa shape index (κ3) is 3.05. The number of aromatic nitrogens is 2. The largest absolute Gasteiger partial charge is 0.422 e. The molecule has 7 nitrogen and oxygen atoms in total. The molecule has 0 N–H and O–H groups in total. The molecule has 3 heterocycles. The minimum atomic E-state index is -0.449. The molecule has 0 saturated heterocycles. The quantitative estimate of drug-likeness (QED) is 0.234. The summed E-state index contributed by atoms with van der Waals surface area (Å²) in [6, 6.07) is 13.5. The van der Waals surface area contributed by atoms with E-state index >= 15 is 0 Å². The number of ether oxygens (including phenoxy) is 1. The maximum Gasteiger partial charge on any atom is 0.353 e. The number of nitrogens with zero attached hydrogens (tertiary/aromatic N) is 3. The van der Waals surface area contributed by atoms with Crippen molar-refractivity contribution in [2.45, 2.75) is 0 Å². The second kappa shape index (κ2) is 6.41. The van der Waals surface area contributed by atoms with Gasteiger partial charge >= 0.3 is 5.97 Å². The van der Waals surface area contributed by atoms with Gasteiger partial charge in [0.15, 0.2) is 0 Å². The monoisotopic (exact) mass is 365 g/mol. The molecule has 0 unspecified atom stereocenters. The first-order valence-electron chi connectivity index (χ1n) is 7.59. The summed E-state index contributed by atoms with van der Waals surface area (Å²) in [6.07, 6.45) is 3.14. The third-order valence-corrected chi connectivity index (χ3v) is 4.58. The lowest BCUT2D eigenvalue weighted by molar-refractivity contribution is -0.385.